The molecule has 0 bridgehead atoms. The minimum atomic E-state index is -0.436. The van der Waals surface area contributed by atoms with Gasteiger partial charge in [-0.05, 0) is 25.1 Å². The molecule has 2 unspecified atom stereocenters. The summed E-state index contributed by atoms with van der Waals surface area (Å²) in [6.45, 7) is 1.97. The van der Waals surface area contributed by atoms with E-state index in [0.29, 0.717) is 19.2 Å². The summed E-state index contributed by atoms with van der Waals surface area (Å²) in [4.78, 5) is 2.24. The van der Waals surface area contributed by atoms with E-state index in [1.165, 1.54) is 11.3 Å². The highest BCUT2D eigenvalue weighted by molar-refractivity contribution is 5.57. The van der Waals surface area contributed by atoms with Crippen LogP contribution in [0.1, 0.15) is 18.0 Å². The van der Waals surface area contributed by atoms with E-state index in [1.54, 1.807) is 7.11 Å². The number of aliphatic hydroxyl groups is 1. The SMILES string of the molecule is CNC1CCN(CC(O)COC)c2ccccc21. The first-order valence-corrected chi connectivity index (χ1v) is 6.44. The molecule has 18 heavy (non-hydrogen) atoms. The minimum absolute atomic E-state index is 0.383. The summed E-state index contributed by atoms with van der Waals surface area (Å²) in [6.07, 6.45) is 0.627. The van der Waals surface area contributed by atoms with Crippen molar-refractivity contribution in [1.82, 2.24) is 5.32 Å². The summed E-state index contributed by atoms with van der Waals surface area (Å²) in [5.74, 6) is 0. The minimum Gasteiger partial charge on any atom is -0.389 e. The predicted octanol–water partition coefficient (Wildman–Crippen LogP) is 1.16. The van der Waals surface area contributed by atoms with Gasteiger partial charge in [-0.15, -0.1) is 0 Å². The Morgan fingerprint density at radius 3 is 3.00 bits per heavy atom. The Balaban J connectivity index is 2.14. The average molecular weight is 250 g/mol. The van der Waals surface area contributed by atoms with Crippen LogP contribution in [0.4, 0.5) is 5.69 Å². The van der Waals surface area contributed by atoms with Crippen LogP contribution in [0.3, 0.4) is 0 Å². The van der Waals surface area contributed by atoms with E-state index < -0.39 is 6.10 Å². The van der Waals surface area contributed by atoms with Gasteiger partial charge in [-0.25, -0.2) is 0 Å². The normalized spacial score (nSPS) is 20.6. The van der Waals surface area contributed by atoms with Crippen molar-refractivity contribution in [1.29, 1.82) is 0 Å². The number of nitrogens with one attached hydrogen (secondary N) is 1. The molecule has 0 saturated heterocycles. The first kappa shape index (κ1) is 13.3. The lowest BCUT2D eigenvalue weighted by atomic mass is 9.96. The third-order valence-corrected chi connectivity index (χ3v) is 3.48. The highest BCUT2D eigenvalue weighted by atomic mass is 16.5. The maximum atomic E-state index is 9.87. The molecule has 4 nitrogen and oxygen atoms in total. The lowest BCUT2D eigenvalue weighted by Gasteiger charge is -2.36. The summed E-state index contributed by atoms with van der Waals surface area (Å²) < 4.78 is 4.99. The van der Waals surface area contributed by atoms with Crippen LogP contribution in [-0.4, -0.2) is 45.1 Å². The number of aliphatic hydroxyl groups excluding tert-OH is 1. The van der Waals surface area contributed by atoms with E-state index in [2.05, 4.69) is 28.4 Å². The van der Waals surface area contributed by atoms with Gasteiger partial charge in [0.15, 0.2) is 0 Å². The maximum Gasteiger partial charge on any atom is 0.0947 e. The predicted molar refractivity (Wildman–Crippen MR) is 73.0 cm³/mol. The third-order valence-electron chi connectivity index (χ3n) is 3.48. The molecule has 0 fully saturated rings. The molecule has 2 rings (SSSR count). The highest BCUT2D eigenvalue weighted by Crippen LogP contribution is 2.33. The van der Waals surface area contributed by atoms with Gasteiger partial charge in [0.2, 0.25) is 0 Å². The standard InChI is InChI=1S/C14H22N2O2/c1-15-13-7-8-16(9-11(17)10-18-2)14-6-4-3-5-12(13)14/h3-6,11,13,15,17H,7-10H2,1-2H3. The number of rotatable bonds is 5. The summed E-state index contributed by atoms with van der Waals surface area (Å²) in [5.41, 5.74) is 2.54. The number of β-amino-alcohol motifs (C(OH)–C–C–N with tert-alkyl or cyclic N) is 1. The van der Waals surface area contributed by atoms with Crippen molar-refractivity contribution in [3.8, 4) is 0 Å². The zero-order valence-electron chi connectivity index (χ0n) is 11.1. The van der Waals surface area contributed by atoms with Crippen molar-refractivity contribution in [3.05, 3.63) is 29.8 Å². The smallest absolute Gasteiger partial charge is 0.0947 e. The first-order chi connectivity index (χ1) is 8.76. The van der Waals surface area contributed by atoms with Crippen LogP contribution in [0.2, 0.25) is 0 Å². The number of para-hydroxylation sites is 1. The number of anilines is 1. The molecule has 1 aliphatic heterocycles. The van der Waals surface area contributed by atoms with Crippen LogP contribution in [0.15, 0.2) is 24.3 Å². The van der Waals surface area contributed by atoms with Gasteiger partial charge in [0.25, 0.3) is 0 Å². The summed E-state index contributed by atoms with van der Waals surface area (Å²) in [5, 5.41) is 13.2. The highest BCUT2D eigenvalue weighted by Gasteiger charge is 2.24. The number of methoxy groups -OCH3 is 1. The Bertz CT molecular complexity index is 384. The largest absolute Gasteiger partial charge is 0.389 e. The van der Waals surface area contributed by atoms with E-state index in [1.807, 2.05) is 13.1 Å². The van der Waals surface area contributed by atoms with Crippen LogP contribution in [0.5, 0.6) is 0 Å². The fourth-order valence-corrected chi connectivity index (χ4v) is 2.62. The molecule has 0 aromatic heterocycles. The van der Waals surface area contributed by atoms with E-state index in [4.69, 9.17) is 4.74 Å². The Morgan fingerprint density at radius 1 is 1.50 bits per heavy atom. The Morgan fingerprint density at radius 2 is 2.28 bits per heavy atom. The second kappa shape index (κ2) is 6.18. The van der Waals surface area contributed by atoms with Crippen molar-refractivity contribution < 1.29 is 9.84 Å². The molecule has 0 aliphatic carbocycles. The van der Waals surface area contributed by atoms with E-state index >= 15 is 0 Å². The lowest BCUT2D eigenvalue weighted by Crippen LogP contribution is -2.40. The maximum absolute atomic E-state index is 9.87. The van der Waals surface area contributed by atoms with Gasteiger partial charge < -0.3 is 20.1 Å². The Hall–Kier alpha value is -1.10. The van der Waals surface area contributed by atoms with E-state index in [0.717, 1.165) is 13.0 Å². The lowest BCUT2D eigenvalue weighted by molar-refractivity contribution is 0.0685. The topological polar surface area (TPSA) is 44.7 Å². The second-order valence-electron chi connectivity index (χ2n) is 4.74. The first-order valence-electron chi connectivity index (χ1n) is 6.44. The molecular weight excluding hydrogens is 228 g/mol. The number of benzene rings is 1. The third kappa shape index (κ3) is 2.83. The van der Waals surface area contributed by atoms with Crippen molar-refractivity contribution in [2.45, 2.75) is 18.6 Å². The summed E-state index contributed by atoms with van der Waals surface area (Å²) in [6, 6.07) is 8.81. The van der Waals surface area contributed by atoms with Crippen LogP contribution >= 0.6 is 0 Å². The Kier molecular flexibility index (Phi) is 4.58. The van der Waals surface area contributed by atoms with Gasteiger partial charge in [0.05, 0.1) is 12.7 Å². The molecule has 0 radical (unpaired) electrons. The van der Waals surface area contributed by atoms with Gasteiger partial charge >= 0.3 is 0 Å². The molecule has 4 heteroatoms. The number of hydrogen-bond donors (Lipinski definition) is 2. The second-order valence-corrected chi connectivity index (χ2v) is 4.74. The molecule has 0 saturated carbocycles. The van der Waals surface area contributed by atoms with Crippen LogP contribution in [-0.2, 0) is 4.74 Å². The fraction of sp³-hybridized carbons (Fsp3) is 0.571. The van der Waals surface area contributed by atoms with Crippen LogP contribution < -0.4 is 10.2 Å². The van der Waals surface area contributed by atoms with Crippen LogP contribution in [0.25, 0.3) is 0 Å². The van der Waals surface area contributed by atoms with Crippen molar-refractivity contribution in [3.63, 3.8) is 0 Å². The monoisotopic (exact) mass is 250 g/mol. The molecule has 1 heterocycles. The molecule has 100 valence electrons. The van der Waals surface area contributed by atoms with Gasteiger partial charge in [0.1, 0.15) is 0 Å². The van der Waals surface area contributed by atoms with Gasteiger partial charge in [-0.1, -0.05) is 18.2 Å². The fourth-order valence-electron chi connectivity index (χ4n) is 2.62. The van der Waals surface area contributed by atoms with Gasteiger partial charge in [0, 0.05) is 31.9 Å². The van der Waals surface area contributed by atoms with E-state index in [9.17, 15) is 5.11 Å². The number of hydrogen-bond acceptors (Lipinski definition) is 4. The molecule has 1 aromatic rings. The summed E-state index contributed by atoms with van der Waals surface area (Å²) >= 11 is 0. The van der Waals surface area contributed by atoms with Crippen LogP contribution in [0, 0.1) is 0 Å². The van der Waals surface area contributed by atoms with E-state index in [-0.39, 0.29) is 0 Å². The molecule has 2 atom stereocenters. The Labute approximate surface area is 109 Å². The summed E-state index contributed by atoms with van der Waals surface area (Å²) in [7, 11) is 3.61. The molecular formula is C14H22N2O2. The average Bonchev–Trinajstić information content (AvgIpc) is 2.39. The molecule has 1 aromatic carbocycles. The quantitative estimate of drug-likeness (QED) is 0.823. The van der Waals surface area contributed by atoms with Crippen molar-refractivity contribution in [2.75, 3.05) is 38.8 Å². The van der Waals surface area contributed by atoms with Crippen molar-refractivity contribution in [2.24, 2.45) is 0 Å². The number of ether oxygens (including phenoxy) is 1. The number of nitrogens with zero attached hydrogens (tertiary/aromatic N) is 1. The zero-order chi connectivity index (χ0) is 13.0. The molecule has 0 amide bonds. The van der Waals surface area contributed by atoms with Gasteiger partial charge in [-0.2, -0.15) is 0 Å². The van der Waals surface area contributed by atoms with Crippen molar-refractivity contribution >= 4 is 5.69 Å². The van der Waals surface area contributed by atoms with Gasteiger partial charge in [-0.3, -0.25) is 0 Å². The molecule has 1 aliphatic rings. The molecule has 2 N–H and O–H groups in total. The zero-order valence-corrected chi connectivity index (χ0v) is 11.1. The number of fused-ring (bicyclic) bond motifs is 1. The molecule has 0 spiro atoms.